The number of hydrogen-bond acceptors (Lipinski definition) is 4. The molecule has 1 aromatic rings. The van der Waals surface area contributed by atoms with Crippen LogP contribution in [0.4, 0.5) is 5.82 Å². The number of hydrogen-bond donors (Lipinski definition) is 1. The highest BCUT2D eigenvalue weighted by Gasteiger charge is 2.38. The number of nitrogens with one attached hydrogen (secondary N) is 1. The molecule has 4 nitrogen and oxygen atoms in total. The summed E-state index contributed by atoms with van der Waals surface area (Å²) >= 11 is 0. The van der Waals surface area contributed by atoms with Crippen LogP contribution in [0.5, 0.6) is 0 Å². The van der Waals surface area contributed by atoms with Crippen LogP contribution in [-0.4, -0.2) is 35.1 Å². The normalized spacial score (nSPS) is 29.0. The SMILES string of the molecule is Cl.c1cnc(N2CC3C[C@@H]2CN3)cn1. The smallest absolute Gasteiger partial charge is 0.147 e. The van der Waals surface area contributed by atoms with Crippen molar-refractivity contribution >= 4 is 18.2 Å². The molecule has 1 unspecified atom stereocenters. The van der Waals surface area contributed by atoms with Crippen LogP contribution in [0.3, 0.4) is 0 Å². The van der Waals surface area contributed by atoms with Crippen molar-refractivity contribution in [2.45, 2.75) is 18.5 Å². The fourth-order valence-corrected chi connectivity index (χ4v) is 2.28. The minimum absolute atomic E-state index is 0. The van der Waals surface area contributed by atoms with Gasteiger partial charge in [0.1, 0.15) is 5.82 Å². The summed E-state index contributed by atoms with van der Waals surface area (Å²) in [6.07, 6.45) is 6.59. The molecule has 0 radical (unpaired) electrons. The number of anilines is 1. The summed E-state index contributed by atoms with van der Waals surface area (Å²) in [6, 6.07) is 1.31. The standard InChI is InChI=1S/C9H12N4.ClH/c1-2-11-9(5-10-1)13-6-7-3-8(13)4-12-7;/h1-2,5,7-8,12H,3-4,6H2;1H/t7?,8-;/m1./s1. The first-order valence-electron chi connectivity index (χ1n) is 4.69. The summed E-state index contributed by atoms with van der Waals surface area (Å²) in [7, 11) is 0. The van der Waals surface area contributed by atoms with E-state index in [4.69, 9.17) is 0 Å². The lowest BCUT2D eigenvalue weighted by atomic mass is 10.2. The maximum absolute atomic E-state index is 4.32. The molecule has 3 heterocycles. The molecule has 2 atom stereocenters. The summed E-state index contributed by atoms with van der Waals surface area (Å²) in [6.45, 7) is 2.19. The molecular formula is C9H13ClN4. The summed E-state index contributed by atoms with van der Waals surface area (Å²) in [5.41, 5.74) is 0. The third-order valence-electron chi connectivity index (χ3n) is 2.90. The zero-order valence-corrected chi connectivity index (χ0v) is 8.57. The summed E-state index contributed by atoms with van der Waals surface area (Å²) < 4.78 is 0. The van der Waals surface area contributed by atoms with Crippen LogP contribution in [0.2, 0.25) is 0 Å². The Morgan fingerprint density at radius 2 is 2.36 bits per heavy atom. The van der Waals surface area contributed by atoms with E-state index in [0.717, 1.165) is 18.9 Å². The third-order valence-corrected chi connectivity index (χ3v) is 2.90. The molecule has 0 amide bonds. The molecule has 2 saturated heterocycles. The average molecular weight is 213 g/mol. The highest BCUT2D eigenvalue weighted by Crippen LogP contribution is 2.26. The van der Waals surface area contributed by atoms with Crippen LogP contribution in [-0.2, 0) is 0 Å². The van der Waals surface area contributed by atoms with Crippen molar-refractivity contribution in [1.82, 2.24) is 15.3 Å². The molecule has 0 aromatic carbocycles. The third kappa shape index (κ3) is 1.44. The molecule has 1 aromatic heterocycles. The van der Waals surface area contributed by atoms with E-state index >= 15 is 0 Å². The van der Waals surface area contributed by atoms with E-state index in [9.17, 15) is 0 Å². The van der Waals surface area contributed by atoms with E-state index in [-0.39, 0.29) is 12.4 Å². The van der Waals surface area contributed by atoms with E-state index in [2.05, 4.69) is 20.2 Å². The average Bonchev–Trinajstić information content (AvgIpc) is 2.80. The second-order valence-corrected chi connectivity index (χ2v) is 3.71. The van der Waals surface area contributed by atoms with Crippen LogP contribution < -0.4 is 10.2 Å². The van der Waals surface area contributed by atoms with Gasteiger partial charge in [0, 0.05) is 37.6 Å². The zero-order valence-electron chi connectivity index (χ0n) is 7.76. The number of nitrogens with zero attached hydrogens (tertiary/aromatic N) is 3. The molecule has 14 heavy (non-hydrogen) atoms. The van der Waals surface area contributed by atoms with Gasteiger partial charge in [0.25, 0.3) is 0 Å². The van der Waals surface area contributed by atoms with Gasteiger partial charge in [-0.05, 0) is 6.42 Å². The molecule has 5 heteroatoms. The summed E-state index contributed by atoms with van der Waals surface area (Å²) in [4.78, 5) is 10.8. The van der Waals surface area contributed by atoms with Crippen LogP contribution in [0.25, 0.3) is 0 Å². The van der Waals surface area contributed by atoms with Crippen LogP contribution >= 0.6 is 12.4 Å². The molecule has 2 fully saturated rings. The number of fused-ring (bicyclic) bond motifs is 2. The number of piperazine rings is 1. The number of halogens is 1. The van der Waals surface area contributed by atoms with Gasteiger partial charge >= 0.3 is 0 Å². The number of aromatic nitrogens is 2. The first-order valence-corrected chi connectivity index (χ1v) is 4.69. The maximum Gasteiger partial charge on any atom is 0.147 e. The fraction of sp³-hybridized carbons (Fsp3) is 0.556. The Kier molecular flexibility index (Phi) is 2.56. The minimum atomic E-state index is 0. The van der Waals surface area contributed by atoms with Crippen molar-refractivity contribution < 1.29 is 0 Å². The van der Waals surface area contributed by atoms with E-state index in [1.807, 2.05) is 6.20 Å². The first-order chi connectivity index (χ1) is 6.43. The van der Waals surface area contributed by atoms with E-state index in [1.54, 1.807) is 12.4 Å². The van der Waals surface area contributed by atoms with Crippen molar-refractivity contribution in [1.29, 1.82) is 0 Å². The Labute approximate surface area is 89.1 Å². The predicted octanol–water partition coefficient (Wildman–Crippen LogP) is 0.449. The van der Waals surface area contributed by atoms with Gasteiger partial charge in [-0.3, -0.25) is 4.98 Å². The highest BCUT2D eigenvalue weighted by molar-refractivity contribution is 5.85. The van der Waals surface area contributed by atoms with Gasteiger partial charge in [0.05, 0.1) is 6.20 Å². The molecular weight excluding hydrogens is 200 g/mol. The second-order valence-electron chi connectivity index (χ2n) is 3.71. The van der Waals surface area contributed by atoms with Gasteiger partial charge in [-0.15, -0.1) is 12.4 Å². The Hall–Kier alpha value is -0.870. The van der Waals surface area contributed by atoms with Gasteiger partial charge in [0.2, 0.25) is 0 Å². The minimum Gasteiger partial charge on any atom is -0.349 e. The maximum atomic E-state index is 4.32. The topological polar surface area (TPSA) is 41.1 Å². The summed E-state index contributed by atoms with van der Waals surface area (Å²) in [5, 5.41) is 3.47. The van der Waals surface area contributed by atoms with Crippen molar-refractivity contribution in [3.05, 3.63) is 18.6 Å². The lowest BCUT2D eigenvalue weighted by molar-refractivity contribution is 0.576. The highest BCUT2D eigenvalue weighted by atomic mass is 35.5. The molecule has 2 aliphatic rings. The monoisotopic (exact) mass is 212 g/mol. The molecule has 1 N–H and O–H groups in total. The summed E-state index contributed by atoms with van der Waals surface area (Å²) in [5.74, 6) is 1.02. The molecule has 0 spiro atoms. The first kappa shape index (κ1) is 9.68. The molecule has 0 aliphatic carbocycles. The number of rotatable bonds is 1. The molecule has 3 rings (SSSR count). The zero-order chi connectivity index (χ0) is 8.67. The Morgan fingerprint density at radius 1 is 1.43 bits per heavy atom. The van der Waals surface area contributed by atoms with Crippen molar-refractivity contribution in [2.75, 3.05) is 18.0 Å². The van der Waals surface area contributed by atoms with Crippen molar-refractivity contribution in [3.63, 3.8) is 0 Å². The fourth-order valence-electron chi connectivity index (χ4n) is 2.28. The lowest BCUT2D eigenvalue weighted by Gasteiger charge is -2.27. The predicted molar refractivity (Wildman–Crippen MR) is 56.8 cm³/mol. The molecule has 76 valence electrons. The quantitative estimate of drug-likeness (QED) is 0.734. The van der Waals surface area contributed by atoms with Crippen molar-refractivity contribution in [3.8, 4) is 0 Å². The van der Waals surface area contributed by atoms with Gasteiger partial charge in [0.15, 0.2) is 0 Å². The second kappa shape index (κ2) is 3.71. The van der Waals surface area contributed by atoms with Gasteiger partial charge in [-0.25, -0.2) is 4.98 Å². The van der Waals surface area contributed by atoms with E-state index in [1.165, 1.54) is 6.42 Å². The Morgan fingerprint density at radius 3 is 2.93 bits per heavy atom. The van der Waals surface area contributed by atoms with Crippen molar-refractivity contribution in [2.24, 2.45) is 0 Å². The molecule has 2 bridgehead atoms. The Bertz CT molecular complexity index is 305. The van der Waals surface area contributed by atoms with Gasteiger partial charge in [-0.1, -0.05) is 0 Å². The van der Waals surface area contributed by atoms with Gasteiger partial charge in [-0.2, -0.15) is 0 Å². The van der Waals surface area contributed by atoms with Gasteiger partial charge < -0.3 is 10.2 Å². The Balaban J connectivity index is 0.000000750. The van der Waals surface area contributed by atoms with E-state index in [0.29, 0.717) is 12.1 Å². The molecule has 2 aliphatic heterocycles. The van der Waals surface area contributed by atoms with Crippen LogP contribution in [0, 0.1) is 0 Å². The molecule has 0 saturated carbocycles. The van der Waals surface area contributed by atoms with Crippen LogP contribution in [0.15, 0.2) is 18.6 Å². The van der Waals surface area contributed by atoms with Crippen LogP contribution in [0.1, 0.15) is 6.42 Å². The lowest BCUT2D eigenvalue weighted by Crippen LogP contribution is -2.44. The van der Waals surface area contributed by atoms with E-state index < -0.39 is 0 Å². The largest absolute Gasteiger partial charge is 0.349 e.